The maximum atomic E-state index is 11.9. The van der Waals surface area contributed by atoms with Crippen LogP contribution in [0.25, 0.3) is 0 Å². The highest BCUT2D eigenvalue weighted by atomic mass is 32.2. The van der Waals surface area contributed by atoms with Gasteiger partial charge in [-0.25, -0.2) is 13.4 Å². The van der Waals surface area contributed by atoms with Gasteiger partial charge in [0.1, 0.15) is 5.82 Å². The van der Waals surface area contributed by atoms with Crippen LogP contribution in [0.2, 0.25) is 0 Å². The van der Waals surface area contributed by atoms with E-state index in [9.17, 15) is 8.42 Å². The summed E-state index contributed by atoms with van der Waals surface area (Å²) in [7, 11) is -2.90. The van der Waals surface area contributed by atoms with Crippen LogP contribution in [-0.2, 0) is 34.8 Å². The predicted molar refractivity (Wildman–Crippen MR) is 73.9 cm³/mol. The number of imidazole rings is 1. The van der Waals surface area contributed by atoms with Crippen LogP contribution in [0.4, 0.5) is 0 Å². The lowest BCUT2D eigenvalue weighted by Crippen LogP contribution is -2.36. The van der Waals surface area contributed by atoms with Gasteiger partial charge in [0.15, 0.2) is 9.84 Å². The minimum absolute atomic E-state index is 0.253. The first-order valence-electron chi connectivity index (χ1n) is 6.96. The van der Waals surface area contributed by atoms with E-state index in [1.54, 1.807) is 0 Å². The molecule has 5 nitrogen and oxygen atoms in total. The van der Waals surface area contributed by atoms with Crippen LogP contribution >= 0.6 is 0 Å². The quantitative estimate of drug-likeness (QED) is 0.864. The number of aryl methyl sites for hydroxylation is 1. The van der Waals surface area contributed by atoms with Crippen molar-refractivity contribution in [1.29, 1.82) is 0 Å². The smallest absolute Gasteiger partial charge is 0.152 e. The van der Waals surface area contributed by atoms with E-state index in [2.05, 4.69) is 23.7 Å². The maximum Gasteiger partial charge on any atom is 0.152 e. The third-order valence-electron chi connectivity index (χ3n) is 4.29. The van der Waals surface area contributed by atoms with Crippen molar-refractivity contribution < 1.29 is 8.42 Å². The fourth-order valence-corrected chi connectivity index (χ4v) is 5.53. The van der Waals surface area contributed by atoms with Crippen molar-refractivity contribution in [1.82, 2.24) is 14.9 Å². The minimum Gasteiger partial charge on any atom is -0.325 e. The molecule has 1 atom stereocenters. The van der Waals surface area contributed by atoms with Gasteiger partial charge < -0.3 is 9.88 Å². The Bertz CT molecular complexity index is 606. The lowest BCUT2D eigenvalue weighted by molar-refractivity contribution is 0.341. The van der Waals surface area contributed by atoms with Crippen LogP contribution < -0.4 is 5.32 Å². The summed E-state index contributed by atoms with van der Waals surface area (Å²) in [6.45, 7) is 5.91. The molecule has 1 N–H and O–H groups in total. The fourth-order valence-electron chi connectivity index (χ4n) is 3.41. The maximum absolute atomic E-state index is 11.9. The van der Waals surface area contributed by atoms with Gasteiger partial charge in [-0.1, -0.05) is 6.92 Å². The molecule has 3 rings (SSSR count). The standard InChI is InChI=1S/C13H21N3O2S/c1-3-12-15-10-8-14-6-4-11(10)16(12)13(2)5-7-19(17,18)9-13/h14H,3-9H2,1-2H3. The second-order valence-electron chi connectivity index (χ2n) is 5.88. The number of nitrogens with one attached hydrogen (secondary N) is 1. The van der Waals surface area contributed by atoms with E-state index in [0.717, 1.165) is 37.4 Å². The third-order valence-corrected chi connectivity index (χ3v) is 6.18. The molecule has 2 aliphatic heterocycles. The Morgan fingerprint density at radius 1 is 1.47 bits per heavy atom. The summed E-state index contributed by atoms with van der Waals surface area (Å²) in [5.41, 5.74) is 2.05. The number of nitrogens with zero attached hydrogens (tertiary/aromatic N) is 2. The summed E-state index contributed by atoms with van der Waals surface area (Å²) < 4.78 is 26.0. The number of fused-ring (bicyclic) bond motifs is 1. The van der Waals surface area contributed by atoms with Crippen molar-refractivity contribution in [2.75, 3.05) is 18.1 Å². The molecular formula is C13H21N3O2S. The van der Waals surface area contributed by atoms with Gasteiger partial charge in [-0.2, -0.15) is 0 Å². The van der Waals surface area contributed by atoms with Gasteiger partial charge in [0.2, 0.25) is 0 Å². The Kier molecular flexibility index (Phi) is 2.98. The van der Waals surface area contributed by atoms with Crippen LogP contribution in [0, 0.1) is 0 Å². The number of rotatable bonds is 2. The number of aromatic nitrogens is 2. The molecule has 106 valence electrons. The zero-order valence-electron chi connectivity index (χ0n) is 11.6. The van der Waals surface area contributed by atoms with Gasteiger partial charge in [-0.05, 0) is 13.3 Å². The Hall–Kier alpha value is -0.880. The molecule has 1 aromatic heterocycles. The molecule has 2 aliphatic rings. The third kappa shape index (κ3) is 2.10. The molecule has 0 bridgehead atoms. The minimum atomic E-state index is -2.90. The molecule has 0 aliphatic carbocycles. The average Bonchev–Trinajstić information content (AvgIpc) is 2.87. The van der Waals surface area contributed by atoms with E-state index in [0.29, 0.717) is 12.2 Å². The molecule has 1 fully saturated rings. The normalized spacial score (nSPS) is 29.4. The Morgan fingerprint density at radius 3 is 2.89 bits per heavy atom. The molecule has 0 amide bonds. The van der Waals surface area contributed by atoms with Crippen molar-refractivity contribution in [3.8, 4) is 0 Å². The van der Waals surface area contributed by atoms with Crippen LogP contribution in [0.3, 0.4) is 0 Å². The predicted octanol–water partition coefficient (Wildman–Crippen LogP) is 0.625. The van der Waals surface area contributed by atoms with Crippen molar-refractivity contribution in [2.24, 2.45) is 0 Å². The first-order valence-corrected chi connectivity index (χ1v) is 8.78. The van der Waals surface area contributed by atoms with E-state index in [1.807, 2.05) is 0 Å². The number of hydrogen-bond donors (Lipinski definition) is 1. The van der Waals surface area contributed by atoms with Gasteiger partial charge >= 0.3 is 0 Å². The van der Waals surface area contributed by atoms with Crippen molar-refractivity contribution in [3.63, 3.8) is 0 Å². The van der Waals surface area contributed by atoms with Crippen LogP contribution in [-0.4, -0.2) is 36.0 Å². The van der Waals surface area contributed by atoms with E-state index >= 15 is 0 Å². The highest BCUT2D eigenvalue weighted by molar-refractivity contribution is 7.91. The van der Waals surface area contributed by atoms with Crippen molar-refractivity contribution in [2.45, 2.75) is 45.2 Å². The van der Waals surface area contributed by atoms with Gasteiger partial charge in [0, 0.05) is 31.6 Å². The average molecular weight is 283 g/mol. The number of sulfone groups is 1. The van der Waals surface area contributed by atoms with Crippen LogP contribution in [0.1, 0.15) is 37.5 Å². The van der Waals surface area contributed by atoms with Crippen LogP contribution in [0.15, 0.2) is 0 Å². The summed E-state index contributed by atoms with van der Waals surface area (Å²) in [6, 6.07) is 0. The van der Waals surface area contributed by atoms with Gasteiger partial charge in [-0.15, -0.1) is 0 Å². The van der Waals surface area contributed by atoms with Crippen molar-refractivity contribution >= 4 is 9.84 Å². The van der Waals surface area contributed by atoms with Gasteiger partial charge in [0.25, 0.3) is 0 Å². The van der Waals surface area contributed by atoms with Gasteiger partial charge in [-0.3, -0.25) is 0 Å². The summed E-state index contributed by atoms with van der Waals surface area (Å²) in [4.78, 5) is 4.71. The molecule has 0 spiro atoms. The van der Waals surface area contributed by atoms with E-state index in [1.165, 1.54) is 5.69 Å². The van der Waals surface area contributed by atoms with E-state index in [-0.39, 0.29) is 11.3 Å². The Labute approximate surface area is 114 Å². The monoisotopic (exact) mass is 283 g/mol. The lowest BCUT2D eigenvalue weighted by Gasteiger charge is -2.30. The van der Waals surface area contributed by atoms with Crippen LogP contribution in [0.5, 0.6) is 0 Å². The topological polar surface area (TPSA) is 64.0 Å². The Morgan fingerprint density at radius 2 is 2.26 bits per heavy atom. The van der Waals surface area contributed by atoms with Crippen molar-refractivity contribution in [3.05, 3.63) is 17.2 Å². The molecule has 0 aromatic carbocycles. The first kappa shape index (κ1) is 13.1. The molecule has 1 unspecified atom stereocenters. The second kappa shape index (κ2) is 4.31. The lowest BCUT2D eigenvalue weighted by atomic mass is 9.99. The molecule has 1 aromatic rings. The highest BCUT2D eigenvalue weighted by Crippen LogP contribution is 2.35. The fraction of sp³-hybridized carbons (Fsp3) is 0.769. The summed E-state index contributed by atoms with van der Waals surface area (Å²) in [5, 5.41) is 3.33. The summed E-state index contributed by atoms with van der Waals surface area (Å²) in [6.07, 6.45) is 2.50. The molecule has 1 saturated heterocycles. The zero-order valence-corrected chi connectivity index (χ0v) is 12.4. The summed E-state index contributed by atoms with van der Waals surface area (Å²) >= 11 is 0. The molecule has 19 heavy (non-hydrogen) atoms. The molecular weight excluding hydrogens is 262 g/mol. The molecule has 6 heteroatoms. The Balaban J connectivity index is 2.11. The molecule has 0 saturated carbocycles. The first-order chi connectivity index (χ1) is 8.95. The number of hydrogen-bond acceptors (Lipinski definition) is 4. The van der Waals surface area contributed by atoms with E-state index < -0.39 is 9.84 Å². The van der Waals surface area contributed by atoms with Gasteiger partial charge in [0.05, 0.1) is 22.7 Å². The highest BCUT2D eigenvalue weighted by Gasteiger charge is 2.42. The largest absolute Gasteiger partial charge is 0.325 e. The molecule has 0 radical (unpaired) electrons. The summed E-state index contributed by atoms with van der Waals surface area (Å²) in [5.74, 6) is 1.59. The van der Waals surface area contributed by atoms with E-state index in [4.69, 9.17) is 4.98 Å². The zero-order chi connectivity index (χ0) is 13.7. The second-order valence-corrected chi connectivity index (χ2v) is 8.06. The molecule has 3 heterocycles. The SMILES string of the molecule is CCc1nc2c(n1C1(C)CCS(=O)(=O)C1)CCNC2.